The molecule has 3 N–H and O–H groups in total. The van der Waals surface area contributed by atoms with Gasteiger partial charge >= 0.3 is 0 Å². The van der Waals surface area contributed by atoms with E-state index in [0.29, 0.717) is 12.0 Å². The molecule has 0 aromatic heterocycles. The molecule has 3 nitrogen and oxygen atoms in total. The number of nitrogens with two attached hydrogens (primary N) is 1. The largest absolute Gasteiger partial charge is 0.497 e. The number of methoxy groups -OCH3 is 1. The van der Waals surface area contributed by atoms with Gasteiger partial charge in [0.15, 0.2) is 11.6 Å². The van der Waals surface area contributed by atoms with Crippen LogP contribution in [0.3, 0.4) is 0 Å². The molecule has 0 fully saturated rings. The third-order valence-electron chi connectivity index (χ3n) is 3.14. The van der Waals surface area contributed by atoms with Crippen LogP contribution < -0.4 is 16.0 Å². The molecule has 2 rings (SSSR count). The summed E-state index contributed by atoms with van der Waals surface area (Å²) < 4.78 is 31.2. The highest BCUT2D eigenvalue weighted by Crippen LogP contribution is 2.21. The first-order chi connectivity index (χ1) is 9.63. The average molecular weight is 278 g/mol. The van der Waals surface area contributed by atoms with E-state index in [4.69, 9.17) is 10.6 Å². The molecule has 2 aromatic rings. The highest BCUT2D eigenvalue weighted by atomic mass is 19.2. The van der Waals surface area contributed by atoms with Gasteiger partial charge in [-0.2, -0.15) is 0 Å². The molecule has 0 aliphatic rings. The van der Waals surface area contributed by atoms with Gasteiger partial charge in [0.1, 0.15) is 5.75 Å². The maximum atomic E-state index is 13.2. The van der Waals surface area contributed by atoms with Gasteiger partial charge in [-0.05, 0) is 41.8 Å². The van der Waals surface area contributed by atoms with E-state index in [1.165, 1.54) is 6.07 Å². The molecule has 0 saturated heterocycles. The Kier molecular flexibility index (Phi) is 4.65. The minimum absolute atomic E-state index is 0.189. The second-order valence-corrected chi connectivity index (χ2v) is 4.44. The van der Waals surface area contributed by atoms with Gasteiger partial charge in [0.05, 0.1) is 7.11 Å². The zero-order valence-corrected chi connectivity index (χ0v) is 11.1. The van der Waals surface area contributed by atoms with E-state index < -0.39 is 11.6 Å². The molecule has 2 aromatic carbocycles. The quantitative estimate of drug-likeness (QED) is 0.653. The lowest BCUT2D eigenvalue weighted by Gasteiger charge is -2.17. The summed E-state index contributed by atoms with van der Waals surface area (Å²) in [6, 6.07) is 11.1. The number of halogens is 2. The van der Waals surface area contributed by atoms with Crippen molar-refractivity contribution in [2.45, 2.75) is 12.5 Å². The number of hydrogen-bond donors (Lipinski definition) is 2. The standard InChI is InChI=1S/C15H16F2N2O/c1-20-12-5-3-11(4-6-12)15(19-18)9-10-2-7-13(16)14(17)8-10/h2-8,15,19H,9,18H2,1H3. The Balaban J connectivity index is 2.16. The zero-order chi connectivity index (χ0) is 14.5. The topological polar surface area (TPSA) is 47.3 Å². The number of hydrazine groups is 1. The van der Waals surface area contributed by atoms with Gasteiger partial charge in [-0.25, -0.2) is 8.78 Å². The molecular weight excluding hydrogens is 262 g/mol. The van der Waals surface area contributed by atoms with Crippen LogP contribution in [0.15, 0.2) is 42.5 Å². The fourth-order valence-corrected chi connectivity index (χ4v) is 2.01. The first-order valence-corrected chi connectivity index (χ1v) is 6.18. The summed E-state index contributed by atoms with van der Waals surface area (Å²) >= 11 is 0. The monoisotopic (exact) mass is 278 g/mol. The Morgan fingerprint density at radius 3 is 2.35 bits per heavy atom. The summed E-state index contributed by atoms with van der Waals surface area (Å²) in [5.74, 6) is 4.58. The first kappa shape index (κ1) is 14.4. The Hall–Kier alpha value is -1.98. The smallest absolute Gasteiger partial charge is 0.159 e. The van der Waals surface area contributed by atoms with Crippen LogP contribution in [0, 0.1) is 11.6 Å². The summed E-state index contributed by atoms with van der Waals surface area (Å²) in [4.78, 5) is 0. The molecule has 0 spiro atoms. The van der Waals surface area contributed by atoms with Crippen molar-refractivity contribution in [3.63, 3.8) is 0 Å². The van der Waals surface area contributed by atoms with Crippen molar-refractivity contribution < 1.29 is 13.5 Å². The molecule has 1 unspecified atom stereocenters. The summed E-state index contributed by atoms with van der Waals surface area (Å²) in [5.41, 5.74) is 4.29. The number of ether oxygens (including phenoxy) is 1. The normalized spacial score (nSPS) is 12.2. The zero-order valence-electron chi connectivity index (χ0n) is 11.1. The Bertz CT molecular complexity index is 573. The molecule has 0 aliphatic heterocycles. The molecule has 5 heteroatoms. The molecule has 0 radical (unpaired) electrons. The Morgan fingerprint density at radius 2 is 1.80 bits per heavy atom. The van der Waals surface area contributed by atoms with Crippen LogP contribution in [0.1, 0.15) is 17.2 Å². The third-order valence-corrected chi connectivity index (χ3v) is 3.14. The van der Waals surface area contributed by atoms with Crippen molar-refractivity contribution in [1.29, 1.82) is 0 Å². The Labute approximate surface area is 116 Å². The van der Waals surface area contributed by atoms with E-state index in [0.717, 1.165) is 17.4 Å². The highest BCUT2D eigenvalue weighted by Gasteiger charge is 2.12. The fraction of sp³-hybridized carbons (Fsp3) is 0.200. The lowest BCUT2D eigenvalue weighted by atomic mass is 9.99. The molecule has 1 atom stereocenters. The van der Waals surface area contributed by atoms with Gasteiger partial charge in [-0.3, -0.25) is 11.3 Å². The van der Waals surface area contributed by atoms with Gasteiger partial charge in [0.2, 0.25) is 0 Å². The molecular formula is C15H16F2N2O. The predicted molar refractivity (Wildman–Crippen MR) is 73.1 cm³/mol. The van der Waals surface area contributed by atoms with Gasteiger partial charge in [0.25, 0.3) is 0 Å². The maximum absolute atomic E-state index is 13.2. The second-order valence-electron chi connectivity index (χ2n) is 4.44. The fourth-order valence-electron chi connectivity index (χ4n) is 2.01. The molecule has 0 amide bonds. The van der Waals surface area contributed by atoms with Crippen LogP contribution in [0.5, 0.6) is 5.75 Å². The van der Waals surface area contributed by atoms with Gasteiger partial charge in [0, 0.05) is 6.04 Å². The molecule has 0 aliphatic carbocycles. The molecule has 106 valence electrons. The SMILES string of the molecule is COc1ccc(C(Cc2ccc(F)c(F)c2)NN)cc1. The van der Waals surface area contributed by atoms with E-state index in [1.54, 1.807) is 13.2 Å². The molecule has 0 heterocycles. The van der Waals surface area contributed by atoms with Crippen molar-refractivity contribution in [1.82, 2.24) is 5.43 Å². The van der Waals surface area contributed by atoms with Crippen molar-refractivity contribution in [2.24, 2.45) is 5.84 Å². The maximum Gasteiger partial charge on any atom is 0.159 e. The molecule has 0 saturated carbocycles. The summed E-state index contributed by atoms with van der Waals surface area (Å²) in [5, 5.41) is 0. The minimum atomic E-state index is -0.854. The number of hydrogen-bond acceptors (Lipinski definition) is 3. The number of rotatable bonds is 5. The highest BCUT2D eigenvalue weighted by molar-refractivity contribution is 5.30. The first-order valence-electron chi connectivity index (χ1n) is 6.18. The van der Waals surface area contributed by atoms with E-state index >= 15 is 0 Å². The Morgan fingerprint density at radius 1 is 1.10 bits per heavy atom. The van der Waals surface area contributed by atoms with Crippen LogP contribution >= 0.6 is 0 Å². The second kappa shape index (κ2) is 6.45. The van der Waals surface area contributed by atoms with Crippen molar-refractivity contribution >= 4 is 0 Å². The lowest BCUT2D eigenvalue weighted by molar-refractivity contribution is 0.414. The predicted octanol–water partition coefficient (Wildman–Crippen LogP) is 2.72. The van der Waals surface area contributed by atoms with Crippen LogP contribution in [-0.2, 0) is 6.42 Å². The van der Waals surface area contributed by atoms with Crippen LogP contribution in [0.25, 0.3) is 0 Å². The van der Waals surface area contributed by atoms with Crippen LogP contribution in [-0.4, -0.2) is 7.11 Å². The van der Waals surface area contributed by atoms with Gasteiger partial charge in [-0.15, -0.1) is 0 Å². The van der Waals surface area contributed by atoms with Crippen molar-refractivity contribution in [3.8, 4) is 5.75 Å². The molecule has 0 bridgehead atoms. The van der Waals surface area contributed by atoms with Crippen molar-refractivity contribution in [2.75, 3.05) is 7.11 Å². The van der Waals surface area contributed by atoms with Crippen LogP contribution in [0.4, 0.5) is 8.78 Å². The number of nitrogens with one attached hydrogen (secondary N) is 1. The lowest BCUT2D eigenvalue weighted by Crippen LogP contribution is -2.29. The summed E-state index contributed by atoms with van der Waals surface area (Å²) in [7, 11) is 1.59. The minimum Gasteiger partial charge on any atom is -0.497 e. The summed E-state index contributed by atoms with van der Waals surface area (Å²) in [6.45, 7) is 0. The van der Waals surface area contributed by atoms with Gasteiger partial charge in [-0.1, -0.05) is 18.2 Å². The summed E-state index contributed by atoms with van der Waals surface area (Å²) in [6.07, 6.45) is 0.458. The van der Waals surface area contributed by atoms with Gasteiger partial charge < -0.3 is 4.74 Å². The number of benzene rings is 2. The van der Waals surface area contributed by atoms with E-state index in [9.17, 15) is 8.78 Å². The van der Waals surface area contributed by atoms with E-state index in [1.807, 2.05) is 24.3 Å². The average Bonchev–Trinajstić information content (AvgIpc) is 2.48. The van der Waals surface area contributed by atoms with E-state index in [-0.39, 0.29) is 6.04 Å². The molecule has 20 heavy (non-hydrogen) atoms. The van der Waals surface area contributed by atoms with Crippen molar-refractivity contribution in [3.05, 3.63) is 65.2 Å². The van der Waals surface area contributed by atoms with Crippen LogP contribution in [0.2, 0.25) is 0 Å². The van der Waals surface area contributed by atoms with E-state index in [2.05, 4.69) is 5.43 Å². The third kappa shape index (κ3) is 3.31.